The van der Waals surface area contributed by atoms with Gasteiger partial charge >= 0.3 is 5.97 Å². The van der Waals surface area contributed by atoms with Crippen molar-refractivity contribution in [3.05, 3.63) is 53.1 Å². The fraction of sp³-hybridized carbons (Fsp3) is 0.263. The summed E-state index contributed by atoms with van der Waals surface area (Å²) in [6.45, 7) is 2.43. The summed E-state index contributed by atoms with van der Waals surface area (Å²) in [4.78, 5) is 16.3. The molecule has 0 amide bonds. The quantitative estimate of drug-likeness (QED) is 0.616. The molecule has 1 atom stereocenters. The lowest BCUT2D eigenvalue weighted by Crippen LogP contribution is -2.11. The molecule has 0 spiro atoms. The van der Waals surface area contributed by atoms with Crippen LogP contribution in [0, 0.1) is 5.82 Å². The number of halogens is 2. The summed E-state index contributed by atoms with van der Waals surface area (Å²) in [6, 6.07) is 8.00. The maximum Gasteiger partial charge on any atom is 0.356 e. The molecule has 2 aromatic heterocycles. The van der Waals surface area contributed by atoms with Crippen LogP contribution in [0.1, 0.15) is 23.5 Å². The Morgan fingerprint density at radius 1 is 1.31 bits per heavy atom. The van der Waals surface area contributed by atoms with E-state index in [0.29, 0.717) is 17.8 Å². The van der Waals surface area contributed by atoms with Crippen molar-refractivity contribution < 1.29 is 18.7 Å². The summed E-state index contributed by atoms with van der Waals surface area (Å²) < 4.78 is 25.8. The molecule has 7 heteroatoms. The molecule has 2 heterocycles. The van der Waals surface area contributed by atoms with Crippen LogP contribution in [0.2, 0.25) is 5.02 Å². The van der Waals surface area contributed by atoms with E-state index in [4.69, 9.17) is 21.1 Å². The van der Waals surface area contributed by atoms with E-state index in [-0.39, 0.29) is 16.8 Å². The second-order valence-electron chi connectivity index (χ2n) is 5.94. The summed E-state index contributed by atoms with van der Waals surface area (Å²) in [7, 11) is 2.92. The molecular weight excluding hydrogens is 359 g/mol. The minimum absolute atomic E-state index is 0.0335. The van der Waals surface area contributed by atoms with Gasteiger partial charge in [0.1, 0.15) is 11.5 Å². The van der Waals surface area contributed by atoms with Gasteiger partial charge in [-0.25, -0.2) is 14.2 Å². The van der Waals surface area contributed by atoms with Gasteiger partial charge in [-0.05, 0) is 36.8 Å². The van der Waals surface area contributed by atoms with Gasteiger partial charge in [-0.3, -0.25) is 0 Å². The van der Waals surface area contributed by atoms with Gasteiger partial charge in [-0.1, -0.05) is 17.7 Å². The van der Waals surface area contributed by atoms with E-state index in [2.05, 4.69) is 4.98 Å². The predicted molar refractivity (Wildman–Crippen MR) is 98.1 cm³/mol. The van der Waals surface area contributed by atoms with Crippen LogP contribution in [-0.4, -0.2) is 36.3 Å². The zero-order valence-corrected chi connectivity index (χ0v) is 15.4. The normalized spacial score (nSPS) is 12.3. The second kappa shape index (κ2) is 7.43. The number of carbonyl (C=O) groups is 1. The van der Waals surface area contributed by atoms with Crippen molar-refractivity contribution in [2.24, 2.45) is 0 Å². The number of benzene rings is 1. The SMILES string of the molecule is COC[C@H](C)n1cc(-c2ccc(Cl)c(F)c2)c2ccc(C(=O)OC)nc21. The number of aromatic nitrogens is 2. The Kier molecular flexibility index (Phi) is 5.25. The van der Waals surface area contributed by atoms with Crippen molar-refractivity contribution in [3.8, 4) is 11.1 Å². The third kappa shape index (κ3) is 3.30. The van der Waals surface area contributed by atoms with Crippen molar-refractivity contribution in [2.45, 2.75) is 13.0 Å². The average Bonchev–Trinajstić information content (AvgIpc) is 3.02. The zero-order valence-electron chi connectivity index (χ0n) is 14.6. The molecule has 0 N–H and O–H groups in total. The lowest BCUT2D eigenvalue weighted by molar-refractivity contribution is 0.0594. The Bertz CT molecular complexity index is 971. The molecular formula is C19H18ClFN2O3. The molecule has 0 radical (unpaired) electrons. The highest BCUT2D eigenvalue weighted by Crippen LogP contribution is 2.33. The van der Waals surface area contributed by atoms with Crippen LogP contribution >= 0.6 is 11.6 Å². The number of methoxy groups -OCH3 is 2. The van der Waals surface area contributed by atoms with Gasteiger partial charge in [-0.15, -0.1) is 0 Å². The maximum absolute atomic E-state index is 13.9. The van der Waals surface area contributed by atoms with Gasteiger partial charge in [0.15, 0.2) is 5.69 Å². The van der Waals surface area contributed by atoms with E-state index in [1.807, 2.05) is 17.7 Å². The van der Waals surface area contributed by atoms with Crippen LogP contribution in [0.15, 0.2) is 36.5 Å². The van der Waals surface area contributed by atoms with E-state index in [9.17, 15) is 9.18 Å². The minimum Gasteiger partial charge on any atom is -0.464 e. The lowest BCUT2D eigenvalue weighted by Gasteiger charge is -2.13. The second-order valence-corrected chi connectivity index (χ2v) is 6.35. The van der Waals surface area contributed by atoms with E-state index >= 15 is 0 Å². The highest BCUT2D eigenvalue weighted by Gasteiger charge is 2.18. The third-order valence-electron chi connectivity index (χ3n) is 4.19. The summed E-state index contributed by atoms with van der Waals surface area (Å²) in [5, 5.41) is 0.860. The molecule has 5 nitrogen and oxygen atoms in total. The maximum atomic E-state index is 13.9. The standard InChI is InChI=1S/C19H18ClFN2O3/c1-11(10-25-2)23-9-14(12-4-6-15(20)16(21)8-12)13-5-7-17(19(24)26-3)22-18(13)23/h4-9,11H,10H2,1-3H3/t11-/m0/s1. The van der Waals surface area contributed by atoms with Gasteiger partial charge in [-0.2, -0.15) is 0 Å². The summed E-state index contributed by atoms with van der Waals surface area (Å²) in [6.07, 6.45) is 1.88. The molecule has 0 unspecified atom stereocenters. The molecule has 0 aliphatic rings. The van der Waals surface area contributed by atoms with E-state index in [0.717, 1.165) is 10.9 Å². The predicted octanol–water partition coefficient (Wildman–Crippen LogP) is 4.49. The van der Waals surface area contributed by atoms with Crippen molar-refractivity contribution in [1.82, 2.24) is 9.55 Å². The van der Waals surface area contributed by atoms with E-state index < -0.39 is 11.8 Å². The van der Waals surface area contributed by atoms with Crippen molar-refractivity contribution >= 4 is 28.6 Å². The van der Waals surface area contributed by atoms with Crippen molar-refractivity contribution in [3.63, 3.8) is 0 Å². The van der Waals surface area contributed by atoms with Gasteiger partial charge < -0.3 is 14.0 Å². The molecule has 3 rings (SSSR count). The van der Waals surface area contributed by atoms with Crippen LogP contribution in [0.5, 0.6) is 0 Å². The first-order valence-corrected chi connectivity index (χ1v) is 8.38. The highest BCUT2D eigenvalue weighted by molar-refractivity contribution is 6.30. The Morgan fingerprint density at radius 2 is 2.08 bits per heavy atom. The molecule has 0 saturated heterocycles. The molecule has 136 valence electrons. The smallest absolute Gasteiger partial charge is 0.356 e. The third-order valence-corrected chi connectivity index (χ3v) is 4.49. The van der Waals surface area contributed by atoms with Gasteiger partial charge in [0.25, 0.3) is 0 Å². The number of esters is 1. The van der Waals surface area contributed by atoms with Gasteiger partial charge in [0.2, 0.25) is 0 Å². The first-order valence-electron chi connectivity index (χ1n) is 8.00. The molecule has 26 heavy (non-hydrogen) atoms. The number of hydrogen-bond acceptors (Lipinski definition) is 4. The van der Waals surface area contributed by atoms with Crippen LogP contribution in [0.3, 0.4) is 0 Å². The van der Waals surface area contributed by atoms with E-state index in [1.54, 1.807) is 25.3 Å². The fourth-order valence-corrected chi connectivity index (χ4v) is 3.01. The Balaban J connectivity index is 2.23. The van der Waals surface area contributed by atoms with Gasteiger partial charge in [0, 0.05) is 24.3 Å². The number of fused-ring (bicyclic) bond motifs is 1. The summed E-state index contributed by atoms with van der Waals surface area (Å²) >= 11 is 5.79. The lowest BCUT2D eigenvalue weighted by atomic mass is 10.1. The van der Waals surface area contributed by atoms with Crippen LogP contribution in [-0.2, 0) is 9.47 Å². The van der Waals surface area contributed by atoms with Gasteiger partial charge in [0.05, 0.1) is 24.8 Å². The largest absolute Gasteiger partial charge is 0.464 e. The molecule has 3 aromatic rings. The van der Waals surface area contributed by atoms with Crippen LogP contribution in [0.25, 0.3) is 22.2 Å². The van der Waals surface area contributed by atoms with Crippen LogP contribution < -0.4 is 0 Å². The summed E-state index contributed by atoms with van der Waals surface area (Å²) in [5.74, 6) is -1.01. The first-order chi connectivity index (χ1) is 12.5. The number of pyridine rings is 1. The average molecular weight is 377 g/mol. The van der Waals surface area contributed by atoms with Crippen molar-refractivity contribution in [1.29, 1.82) is 0 Å². The Labute approximate surface area is 155 Å². The molecule has 0 saturated carbocycles. The molecule has 0 fully saturated rings. The van der Waals surface area contributed by atoms with E-state index in [1.165, 1.54) is 19.2 Å². The minimum atomic E-state index is -0.516. The monoisotopic (exact) mass is 376 g/mol. The topological polar surface area (TPSA) is 53.4 Å². The Morgan fingerprint density at radius 3 is 2.73 bits per heavy atom. The fourth-order valence-electron chi connectivity index (χ4n) is 2.89. The number of hydrogen-bond donors (Lipinski definition) is 0. The summed E-state index contributed by atoms with van der Waals surface area (Å²) in [5.41, 5.74) is 2.27. The molecule has 1 aromatic carbocycles. The highest BCUT2D eigenvalue weighted by atomic mass is 35.5. The van der Waals surface area contributed by atoms with Crippen molar-refractivity contribution in [2.75, 3.05) is 20.8 Å². The molecule has 0 aliphatic heterocycles. The number of ether oxygens (including phenoxy) is 2. The number of nitrogens with zero attached hydrogens (tertiary/aromatic N) is 2. The molecule has 0 aliphatic carbocycles. The Hall–Kier alpha value is -2.44. The number of rotatable bonds is 5. The first kappa shape index (κ1) is 18.4. The number of carbonyl (C=O) groups excluding carboxylic acids is 1. The molecule has 0 bridgehead atoms. The van der Waals surface area contributed by atoms with Crippen LogP contribution in [0.4, 0.5) is 4.39 Å². The zero-order chi connectivity index (χ0) is 18.8.